The van der Waals surface area contributed by atoms with E-state index in [-0.39, 0.29) is 25.1 Å². The number of amides is 1. The molecule has 41 heavy (non-hydrogen) atoms. The van der Waals surface area contributed by atoms with Gasteiger partial charge in [-0.15, -0.1) is 0 Å². The third kappa shape index (κ3) is 7.97. The van der Waals surface area contributed by atoms with Crippen molar-refractivity contribution in [2.75, 3.05) is 45.9 Å². The van der Waals surface area contributed by atoms with Gasteiger partial charge in [0.05, 0.1) is 30.9 Å². The summed E-state index contributed by atoms with van der Waals surface area (Å²) < 4.78 is 99.9. The predicted octanol–water partition coefficient (Wildman–Crippen LogP) is 5.07. The minimum absolute atomic E-state index is 0.0195. The summed E-state index contributed by atoms with van der Waals surface area (Å²) in [7, 11) is 0. The van der Waals surface area contributed by atoms with Crippen LogP contribution in [-0.2, 0) is 27.3 Å². The second kappa shape index (κ2) is 12.6. The summed E-state index contributed by atoms with van der Waals surface area (Å²) in [5, 5.41) is 11.7. The Balaban J connectivity index is 1.52. The third-order valence-corrected chi connectivity index (χ3v) is 7.73. The molecule has 0 aliphatic carbocycles. The van der Waals surface area contributed by atoms with Gasteiger partial charge >= 0.3 is 12.4 Å². The lowest BCUT2D eigenvalue weighted by Gasteiger charge is -2.42. The summed E-state index contributed by atoms with van der Waals surface area (Å²) in [4.78, 5) is 14.6. The third-order valence-electron chi connectivity index (χ3n) is 7.73. The highest BCUT2D eigenvalue weighted by Gasteiger charge is 2.40. The minimum atomic E-state index is -5.04. The van der Waals surface area contributed by atoms with Crippen LogP contribution < -0.4 is 5.43 Å². The molecule has 2 aromatic rings. The number of piperidine rings is 1. The van der Waals surface area contributed by atoms with Gasteiger partial charge in [-0.05, 0) is 80.2 Å². The number of aliphatic hydroxyl groups excluding tert-OH is 1. The van der Waals surface area contributed by atoms with Crippen LogP contribution in [0.5, 0.6) is 0 Å². The van der Waals surface area contributed by atoms with Crippen molar-refractivity contribution in [3.05, 3.63) is 70.5 Å². The van der Waals surface area contributed by atoms with E-state index in [2.05, 4.69) is 10.3 Å². The number of aliphatic hydroxyl groups is 1. The van der Waals surface area contributed by atoms with E-state index in [4.69, 9.17) is 4.74 Å². The van der Waals surface area contributed by atoms with E-state index in [1.54, 1.807) is 17.1 Å². The number of carbonyl (C=O) groups is 1. The van der Waals surface area contributed by atoms with Gasteiger partial charge in [0.2, 0.25) is 5.91 Å². The van der Waals surface area contributed by atoms with Crippen LogP contribution in [0.4, 0.5) is 30.7 Å². The predicted molar refractivity (Wildman–Crippen MR) is 135 cm³/mol. The maximum atomic E-state index is 13.7. The lowest BCUT2D eigenvalue weighted by molar-refractivity contribution is -0.143. The van der Waals surface area contributed by atoms with Crippen molar-refractivity contribution >= 4 is 5.91 Å². The van der Waals surface area contributed by atoms with Gasteiger partial charge in [-0.25, -0.2) is 9.40 Å². The molecule has 0 saturated carbocycles. The van der Waals surface area contributed by atoms with Crippen LogP contribution in [0.3, 0.4) is 0 Å². The van der Waals surface area contributed by atoms with Gasteiger partial charge in [0.1, 0.15) is 11.9 Å². The van der Waals surface area contributed by atoms with Crippen LogP contribution >= 0.6 is 0 Å². The second-order valence-electron chi connectivity index (χ2n) is 10.6. The summed E-state index contributed by atoms with van der Waals surface area (Å²) >= 11 is 0. The fourth-order valence-corrected chi connectivity index (χ4v) is 5.40. The van der Waals surface area contributed by atoms with Crippen LogP contribution in [0, 0.1) is 5.82 Å². The molecule has 0 bridgehead atoms. The summed E-state index contributed by atoms with van der Waals surface area (Å²) in [5.41, 5.74) is -0.719. The number of benzene rings is 2. The van der Waals surface area contributed by atoms with E-state index in [0.717, 1.165) is 25.9 Å². The number of hydrazine groups is 1. The largest absolute Gasteiger partial charge is 0.416 e. The summed E-state index contributed by atoms with van der Waals surface area (Å²) in [5.74, 6) is -0.629. The Hall–Kier alpha value is -2.74. The van der Waals surface area contributed by atoms with Gasteiger partial charge in [0, 0.05) is 18.5 Å². The molecule has 6 nitrogen and oxygen atoms in total. The molecule has 2 aliphatic rings. The molecule has 0 aromatic heterocycles. The van der Waals surface area contributed by atoms with Crippen LogP contribution in [0.25, 0.3) is 0 Å². The molecule has 226 valence electrons. The van der Waals surface area contributed by atoms with Crippen molar-refractivity contribution in [2.24, 2.45) is 0 Å². The Bertz CT molecular complexity index is 1140. The van der Waals surface area contributed by atoms with E-state index in [1.807, 2.05) is 0 Å². The van der Waals surface area contributed by atoms with Gasteiger partial charge in [0.15, 0.2) is 0 Å². The van der Waals surface area contributed by atoms with Gasteiger partial charge in [0.25, 0.3) is 0 Å². The van der Waals surface area contributed by atoms with Crippen molar-refractivity contribution in [3.8, 4) is 0 Å². The molecular formula is C28H32F7N3O3. The lowest BCUT2D eigenvalue weighted by Crippen LogP contribution is -2.53. The molecule has 4 rings (SSSR count). The molecule has 0 spiro atoms. The molecule has 1 unspecified atom stereocenters. The smallest absolute Gasteiger partial charge is 0.393 e. The Morgan fingerprint density at radius 3 is 2.00 bits per heavy atom. The highest BCUT2D eigenvalue weighted by molar-refractivity contribution is 5.77. The van der Waals surface area contributed by atoms with Gasteiger partial charge < -0.3 is 9.84 Å². The fourth-order valence-electron chi connectivity index (χ4n) is 5.40. The Kier molecular flexibility index (Phi) is 9.62. The first-order valence-electron chi connectivity index (χ1n) is 13.3. The second-order valence-corrected chi connectivity index (χ2v) is 10.6. The van der Waals surface area contributed by atoms with Crippen LogP contribution in [0.15, 0.2) is 42.5 Å². The first-order chi connectivity index (χ1) is 19.3. The Morgan fingerprint density at radius 1 is 0.927 bits per heavy atom. The first kappa shape index (κ1) is 31.2. The molecule has 2 heterocycles. The highest BCUT2D eigenvalue weighted by Crippen LogP contribution is 2.40. The molecule has 2 saturated heterocycles. The van der Waals surface area contributed by atoms with Gasteiger partial charge in [-0.1, -0.05) is 12.1 Å². The molecular weight excluding hydrogens is 559 g/mol. The van der Waals surface area contributed by atoms with E-state index >= 15 is 0 Å². The Labute approximate surface area is 233 Å². The average molecular weight is 592 g/mol. The van der Waals surface area contributed by atoms with E-state index in [1.165, 1.54) is 12.1 Å². The lowest BCUT2D eigenvalue weighted by atomic mass is 9.73. The maximum absolute atomic E-state index is 13.7. The number of rotatable bonds is 9. The number of nitrogens with one attached hydrogen (secondary N) is 1. The standard InChI is InChI=1S/C28H32F7N3O3/c29-23-5-3-20(4-6-23)26(7-11-38(12-8-26)36-25(40)16-37-9-1-2-10-37)18-41-24(17-39)19-13-21(27(30,31)32)15-22(14-19)28(33,34)35/h3-6,13-15,24,39H,1-2,7-12,16-18H2,(H,36,40). The zero-order chi connectivity index (χ0) is 29.8. The monoisotopic (exact) mass is 591 g/mol. The zero-order valence-corrected chi connectivity index (χ0v) is 22.2. The van der Waals surface area contributed by atoms with Gasteiger partial charge in [-0.2, -0.15) is 26.3 Å². The SMILES string of the molecule is O=C(CN1CCCC1)NN1CCC(COC(CO)c2cc(C(F)(F)F)cc(C(F)(F)F)c2)(c2ccc(F)cc2)CC1. The van der Waals surface area contributed by atoms with Crippen molar-refractivity contribution < 1.29 is 45.4 Å². The van der Waals surface area contributed by atoms with Crippen molar-refractivity contribution in [3.63, 3.8) is 0 Å². The first-order valence-corrected chi connectivity index (χ1v) is 13.3. The number of hydrogen-bond donors (Lipinski definition) is 2. The fraction of sp³-hybridized carbons (Fsp3) is 0.536. The number of alkyl halides is 6. The molecule has 2 fully saturated rings. The highest BCUT2D eigenvalue weighted by atomic mass is 19.4. The number of nitrogens with zero attached hydrogens (tertiary/aromatic N) is 2. The summed E-state index contributed by atoms with van der Waals surface area (Å²) in [6.07, 6.45) is -8.70. The maximum Gasteiger partial charge on any atom is 0.416 e. The quantitative estimate of drug-likeness (QED) is 0.399. The number of carbonyl (C=O) groups excluding carboxylic acids is 1. The molecule has 0 radical (unpaired) electrons. The number of likely N-dealkylation sites (tertiary alicyclic amines) is 1. The normalized spacial score (nSPS) is 19.3. The molecule has 2 N–H and O–H groups in total. The molecule has 1 amide bonds. The van der Waals surface area contributed by atoms with Crippen LogP contribution in [0.1, 0.15) is 54.0 Å². The van der Waals surface area contributed by atoms with Gasteiger partial charge in [-0.3, -0.25) is 15.1 Å². The number of ether oxygens (including phenoxy) is 1. The van der Waals surface area contributed by atoms with Crippen LogP contribution in [0.2, 0.25) is 0 Å². The molecule has 13 heteroatoms. The zero-order valence-electron chi connectivity index (χ0n) is 22.2. The average Bonchev–Trinajstić information content (AvgIpc) is 3.42. The van der Waals surface area contributed by atoms with E-state index < -0.39 is 53.0 Å². The topological polar surface area (TPSA) is 65.0 Å². The molecule has 2 aliphatic heterocycles. The number of hydrogen-bond acceptors (Lipinski definition) is 5. The minimum Gasteiger partial charge on any atom is -0.393 e. The number of halogens is 7. The Morgan fingerprint density at radius 2 is 1.49 bits per heavy atom. The molecule has 1 atom stereocenters. The van der Waals surface area contributed by atoms with E-state index in [0.29, 0.717) is 43.6 Å². The summed E-state index contributed by atoms with van der Waals surface area (Å²) in [6.45, 7) is 1.71. The van der Waals surface area contributed by atoms with Crippen molar-refractivity contribution in [1.82, 2.24) is 15.3 Å². The van der Waals surface area contributed by atoms with Crippen molar-refractivity contribution in [1.29, 1.82) is 0 Å². The molecule has 2 aromatic carbocycles. The van der Waals surface area contributed by atoms with Crippen LogP contribution in [-0.4, -0.2) is 66.9 Å². The van der Waals surface area contributed by atoms with E-state index in [9.17, 15) is 40.6 Å². The summed E-state index contributed by atoms with van der Waals surface area (Å²) in [6, 6.07) is 6.73. The van der Waals surface area contributed by atoms with Crippen molar-refractivity contribution in [2.45, 2.75) is 49.6 Å².